The second-order valence-electron chi connectivity index (χ2n) is 4.49. The Kier molecular flexibility index (Phi) is 5.49. The molecule has 2 heteroatoms. The van der Waals surface area contributed by atoms with Crippen LogP contribution in [-0.4, -0.2) is 25.3 Å². The Balaban J connectivity index is 2.16. The third-order valence-corrected chi connectivity index (χ3v) is 3.34. The van der Waals surface area contributed by atoms with Gasteiger partial charge < -0.3 is 10.1 Å². The Morgan fingerprint density at radius 1 is 1.36 bits per heavy atom. The average Bonchev–Trinajstić information content (AvgIpc) is 2.19. The number of ether oxygens (including phenoxy) is 1. The van der Waals surface area contributed by atoms with Crippen LogP contribution in [0.3, 0.4) is 0 Å². The van der Waals surface area contributed by atoms with Crippen molar-refractivity contribution in [2.24, 2.45) is 5.92 Å². The Bertz CT molecular complexity index is 145. The monoisotopic (exact) mass is 199 g/mol. The number of nitrogens with one attached hydrogen (secondary N) is 1. The normalized spacial score (nSPS) is 28.3. The summed E-state index contributed by atoms with van der Waals surface area (Å²) in [7, 11) is 0. The summed E-state index contributed by atoms with van der Waals surface area (Å²) in [5.41, 5.74) is 0. The van der Waals surface area contributed by atoms with Crippen molar-refractivity contribution in [1.29, 1.82) is 0 Å². The fraction of sp³-hybridized carbons (Fsp3) is 1.00. The van der Waals surface area contributed by atoms with E-state index in [0.29, 0.717) is 12.1 Å². The molecule has 2 nitrogen and oxygen atoms in total. The topological polar surface area (TPSA) is 21.3 Å². The van der Waals surface area contributed by atoms with Crippen molar-refractivity contribution >= 4 is 0 Å². The van der Waals surface area contributed by atoms with Crippen LogP contribution >= 0.6 is 0 Å². The zero-order valence-electron chi connectivity index (χ0n) is 9.88. The summed E-state index contributed by atoms with van der Waals surface area (Å²) in [5, 5.41) is 3.67. The van der Waals surface area contributed by atoms with E-state index in [1.807, 2.05) is 0 Å². The van der Waals surface area contributed by atoms with Crippen LogP contribution in [0.5, 0.6) is 0 Å². The lowest BCUT2D eigenvalue weighted by Crippen LogP contribution is -2.40. The van der Waals surface area contributed by atoms with Gasteiger partial charge in [0.1, 0.15) is 0 Å². The number of rotatable bonds is 5. The molecule has 14 heavy (non-hydrogen) atoms. The second-order valence-corrected chi connectivity index (χ2v) is 4.49. The van der Waals surface area contributed by atoms with E-state index < -0.39 is 0 Å². The minimum absolute atomic E-state index is 0.447. The molecule has 0 radical (unpaired) electrons. The molecule has 1 aliphatic rings. The molecule has 0 aromatic heterocycles. The van der Waals surface area contributed by atoms with Gasteiger partial charge in [-0.15, -0.1) is 0 Å². The molecule has 1 fully saturated rings. The minimum atomic E-state index is 0.447. The van der Waals surface area contributed by atoms with E-state index in [-0.39, 0.29) is 0 Å². The van der Waals surface area contributed by atoms with Gasteiger partial charge in [0.05, 0.1) is 6.10 Å². The first kappa shape index (κ1) is 12.0. The maximum atomic E-state index is 5.53. The van der Waals surface area contributed by atoms with Crippen LogP contribution in [0.2, 0.25) is 0 Å². The van der Waals surface area contributed by atoms with Crippen molar-refractivity contribution < 1.29 is 4.74 Å². The molecule has 1 heterocycles. The molecule has 0 spiro atoms. The third-order valence-electron chi connectivity index (χ3n) is 3.34. The van der Waals surface area contributed by atoms with Gasteiger partial charge in [-0.1, -0.05) is 26.7 Å². The summed E-state index contributed by atoms with van der Waals surface area (Å²) in [4.78, 5) is 0. The smallest absolute Gasteiger partial charge is 0.0561 e. The van der Waals surface area contributed by atoms with Gasteiger partial charge in [0.25, 0.3) is 0 Å². The van der Waals surface area contributed by atoms with Gasteiger partial charge in [0, 0.05) is 12.6 Å². The molecular weight excluding hydrogens is 174 g/mol. The Morgan fingerprint density at radius 3 is 2.64 bits per heavy atom. The van der Waals surface area contributed by atoms with Crippen molar-refractivity contribution in [3.63, 3.8) is 0 Å². The number of hydrogen-bond acceptors (Lipinski definition) is 2. The minimum Gasteiger partial charge on any atom is -0.378 e. The first-order chi connectivity index (χ1) is 6.76. The summed E-state index contributed by atoms with van der Waals surface area (Å²) in [5.74, 6) is 0.855. The SMILES string of the molecule is CCC(CC)CNC1CCOC(C)C1. The lowest BCUT2D eigenvalue weighted by molar-refractivity contribution is 0.0127. The lowest BCUT2D eigenvalue weighted by Gasteiger charge is -2.29. The highest BCUT2D eigenvalue weighted by Gasteiger charge is 2.19. The van der Waals surface area contributed by atoms with E-state index in [2.05, 4.69) is 26.1 Å². The zero-order valence-corrected chi connectivity index (χ0v) is 9.88. The molecule has 0 saturated carbocycles. The average molecular weight is 199 g/mol. The maximum Gasteiger partial charge on any atom is 0.0561 e. The molecule has 1 N–H and O–H groups in total. The van der Waals surface area contributed by atoms with Crippen molar-refractivity contribution in [2.75, 3.05) is 13.2 Å². The van der Waals surface area contributed by atoms with Gasteiger partial charge in [0.2, 0.25) is 0 Å². The van der Waals surface area contributed by atoms with Crippen LogP contribution in [0.4, 0.5) is 0 Å². The van der Waals surface area contributed by atoms with Gasteiger partial charge in [-0.25, -0.2) is 0 Å². The molecule has 0 aromatic rings. The summed E-state index contributed by atoms with van der Waals surface area (Å²) < 4.78 is 5.53. The van der Waals surface area contributed by atoms with Crippen LogP contribution in [0.25, 0.3) is 0 Å². The highest BCUT2D eigenvalue weighted by Crippen LogP contribution is 2.14. The van der Waals surface area contributed by atoms with Gasteiger partial charge in [0.15, 0.2) is 0 Å². The van der Waals surface area contributed by atoms with Gasteiger partial charge in [-0.3, -0.25) is 0 Å². The zero-order chi connectivity index (χ0) is 10.4. The highest BCUT2D eigenvalue weighted by atomic mass is 16.5. The molecular formula is C12H25NO. The van der Waals surface area contributed by atoms with Crippen molar-refractivity contribution in [3.8, 4) is 0 Å². The number of hydrogen-bond donors (Lipinski definition) is 1. The molecule has 1 saturated heterocycles. The molecule has 2 atom stereocenters. The molecule has 2 unspecified atom stereocenters. The maximum absolute atomic E-state index is 5.53. The fourth-order valence-electron chi connectivity index (χ4n) is 2.09. The predicted octanol–water partition coefficient (Wildman–Crippen LogP) is 2.58. The molecule has 84 valence electrons. The first-order valence-corrected chi connectivity index (χ1v) is 6.11. The molecule has 1 aliphatic heterocycles. The highest BCUT2D eigenvalue weighted by molar-refractivity contribution is 4.75. The van der Waals surface area contributed by atoms with Crippen molar-refractivity contribution in [1.82, 2.24) is 5.32 Å². The quantitative estimate of drug-likeness (QED) is 0.735. The van der Waals surface area contributed by atoms with E-state index in [9.17, 15) is 0 Å². The van der Waals surface area contributed by atoms with Gasteiger partial charge >= 0.3 is 0 Å². The summed E-state index contributed by atoms with van der Waals surface area (Å²) in [6, 6.07) is 0.694. The van der Waals surface area contributed by atoms with E-state index in [0.717, 1.165) is 12.5 Å². The van der Waals surface area contributed by atoms with E-state index in [1.54, 1.807) is 0 Å². The van der Waals surface area contributed by atoms with E-state index in [4.69, 9.17) is 4.74 Å². The van der Waals surface area contributed by atoms with Crippen molar-refractivity contribution in [2.45, 2.75) is 58.6 Å². The molecule has 0 bridgehead atoms. The second kappa shape index (κ2) is 6.41. The van der Waals surface area contributed by atoms with Crippen molar-refractivity contribution in [3.05, 3.63) is 0 Å². The third kappa shape index (κ3) is 3.97. The molecule has 0 amide bonds. The molecule has 1 rings (SSSR count). The van der Waals surface area contributed by atoms with Gasteiger partial charge in [-0.2, -0.15) is 0 Å². The summed E-state index contributed by atoms with van der Waals surface area (Å²) in [6.45, 7) is 8.85. The molecule has 0 aliphatic carbocycles. The molecule has 0 aromatic carbocycles. The Labute approximate surface area is 88.4 Å². The summed E-state index contributed by atoms with van der Waals surface area (Å²) in [6.07, 6.45) is 5.40. The van der Waals surface area contributed by atoms with E-state index in [1.165, 1.54) is 32.2 Å². The van der Waals surface area contributed by atoms with Crippen LogP contribution < -0.4 is 5.32 Å². The van der Waals surface area contributed by atoms with Crippen LogP contribution in [-0.2, 0) is 4.74 Å². The van der Waals surface area contributed by atoms with Crippen LogP contribution in [0, 0.1) is 5.92 Å². The Hall–Kier alpha value is -0.0800. The standard InChI is InChI=1S/C12H25NO/c1-4-11(5-2)9-13-12-6-7-14-10(3)8-12/h10-13H,4-9H2,1-3H3. The fourth-order valence-corrected chi connectivity index (χ4v) is 2.09. The van der Waals surface area contributed by atoms with E-state index >= 15 is 0 Å². The Morgan fingerprint density at radius 2 is 2.07 bits per heavy atom. The lowest BCUT2D eigenvalue weighted by atomic mass is 10.0. The van der Waals surface area contributed by atoms with Gasteiger partial charge in [-0.05, 0) is 32.2 Å². The van der Waals surface area contributed by atoms with Crippen LogP contribution in [0.1, 0.15) is 46.5 Å². The van der Waals surface area contributed by atoms with Crippen LogP contribution in [0.15, 0.2) is 0 Å². The predicted molar refractivity (Wildman–Crippen MR) is 60.5 cm³/mol. The first-order valence-electron chi connectivity index (χ1n) is 6.11. The largest absolute Gasteiger partial charge is 0.378 e. The summed E-state index contributed by atoms with van der Waals surface area (Å²) >= 11 is 0.